The number of fused-ring (bicyclic) bond motifs is 3. The van der Waals surface area contributed by atoms with Crippen LogP contribution in [0.2, 0.25) is 0 Å². The van der Waals surface area contributed by atoms with Crippen LogP contribution in [-0.2, 0) is 0 Å². The zero-order chi connectivity index (χ0) is 17.4. The van der Waals surface area contributed by atoms with Crippen LogP contribution in [0.1, 0.15) is 22.8 Å². The molecule has 1 unspecified atom stereocenters. The molecule has 0 radical (unpaired) electrons. The van der Waals surface area contributed by atoms with Crippen molar-refractivity contribution in [2.45, 2.75) is 6.10 Å². The van der Waals surface area contributed by atoms with Crippen molar-refractivity contribution < 1.29 is 10.0 Å². The van der Waals surface area contributed by atoms with Gasteiger partial charge in [0.1, 0.15) is 6.10 Å². The fraction of sp³-hybridized carbons (Fsp3) is 0.0500. The van der Waals surface area contributed by atoms with Crippen LogP contribution in [0.25, 0.3) is 11.1 Å². The van der Waals surface area contributed by atoms with E-state index in [9.17, 15) is 15.2 Å². The van der Waals surface area contributed by atoms with E-state index in [1.807, 2.05) is 42.5 Å². The highest BCUT2D eigenvalue weighted by Gasteiger charge is 2.26. The molecular formula is C20H14N2O3. The molecule has 4 rings (SSSR count). The summed E-state index contributed by atoms with van der Waals surface area (Å²) in [6.45, 7) is 0. The Morgan fingerprint density at radius 3 is 2.44 bits per heavy atom. The summed E-state index contributed by atoms with van der Waals surface area (Å²) in [7, 11) is 0. The van der Waals surface area contributed by atoms with Gasteiger partial charge in [0.15, 0.2) is 0 Å². The van der Waals surface area contributed by atoms with Crippen LogP contribution in [0.4, 0.5) is 11.4 Å². The lowest BCUT2D eigenvalue weighted by Crippen LogP contribution is -1.93. The number of nitro benzene ring substituents is 1. The molecule has 25 heavy (non-hydrogen) atoms. The predicted molar refractivity (Wildman–Crippen MR) is 96.3 cm³/mol. The van der Waals surface area contributed by atoms with Crippen LogP contribution in [0.5, 0.6) is 0 Å². The minimum atomic E-state index is -0.638. The van der Waals surface area contributed by atoms with Crippen molar-refractivity contribution in [1.29, 1.82) is 0 Å². The van der Waals surface area contributed by atoms with Crippen molar-refractivity contribution >= 4 is 17.6 Å². The molecule has 0 amide bonds. The topological polar surface area (TPSA) is 75.7 Å². The molecular weight excluding hydrogens is 316 g/mol. The second-order valence-corrected chi connectivity index (χ2v) is 5.87. The maximum atomic E-state index is 10.7. The Morgan fingerprint density at radius 2 is 1.68 bits per heavy atom. The molecule has 122 valence electrons. The summed E-state index contributed by atoms with van der Waals surface area (Å²) in [4.78, 5) is 14.7. The fourth-order valence-corrected chi connectivity index (χ4v) is 3.08. The largest absolute Gasteiger partial charge is 0.384 e. The molecule has 5 nitrogen and oxygen atoms in total. The summed E-state index contributed by atoms with van der Waals surface area (Å²) in [5.74, 6) is 0. The molecule has 5 heteroatoms. The molecule has 0 spiro atoms. The molecule has 0 bridgehead atoms. The maximum Gasteiger partial charge on any atom is 0.269 e. The number of rotatable bonds is 3. The van der Waals surface area contributed by atoms with Gasteiger partial charge < -0.3 is 5.11 Å². The van der Waals surface area contributed by atoms with Gasteiger partial charge in [-0.1, -0.05) is 30.3 Å². The van der Waals surface area contributed by atoms with Crippen molar-refractivity contribution in [3.05, 3.63) is 93.5 Å². The summed E-state index contributed by atoms with van der Waals surface area (Å²) in [6.07, 6.45) is 1.01. The van der Waals surface area contributed by atoms with E-state index < -0.39 is 11.0 Å². The molecule has 0 heterocycles. The van der Waals surface area contributed by atoms with Gasteiger partial charge in [-0.15, -0.1) is 0 Å². The molecule has 0 aromatic heterocycles. The average molecular weight is 330 g/mol. The van der Waals surface area contributed by atoms with Crippen LogP contribution in [0.15, 0.2) is 71.7 Å². The molecule has 3 aromatic carbocycles. The van der Waals surface area contributed by atoms with Gasteiger partial charge in [0.05, 0.1) is 10.6 Å². The third-order valence-corrected chi connectivity index (χ3v) is 4.34. The third kappa shape index (κ3) is 2.70. The van der Waals surface area contributed by atoms with E-state index in [-0.39, 0.29) is 5.69 Å². The molecule has 0 aliphatic heterocycles. The first-order valence-corrected chi connectivity index (χ1v) is 7.83. The number of aliphatic hydroxyl groups is 1. The number of nitro groups is 1. The smallest absolute Gasteiger partial charge is 0.269 e. The summed E-state index contributed by atoms with van der Waals surface area (Å²) in [6, 6.07) is 19.8. The average Bonchev–Trinajstić information content (AvgIpc) is 2.93. The zero-order valence-corrected chi connectivity index (χ0v) is 13.2. The first kappa shape index (κ1) is 15.2. The molecule has 1 atom stereocenters. The number of non-ortho nitro benzene ring substituents is 1. The molecule has 0 saturated heterocycles. The van der Waals surface area contributed by atoms with Gasteiger partial charge in [0.2, 0.25) is 0 Å². The Morgan fingerprint density at radius 1 is 0.960 bits per heavy atom. The van der Waals surface area contributed by atoms with E-state index >= 15 is 0 Å². The number of nitrogens with zero attached hydrogens (tertiary/aromatic N) is 2. The minimum absolute atomic E-state index is 0.0515. The van der Waals surface area contributed by atoms with Gasteiger partial charge in [-0.3, -0.25) is 15.1 Å². The van der Waals surface area contributed by atoms with Crippen molar-refractivity contribution in [3.63, 3.8) is 0 Å². The molecule has 3 aromatic rings. The molecule has 0 fully saturated rings. The number of hydrogen-bond donors (Lipinski definition) is 1. The first-order valence-electron chi connectivity index (χ1n) is 7.83. The Kier molecular flexibility index (Phi) is 3.63. The molecule has 1 aliphatic carbocycles. The Labute approximate surface area is 144 Å². The van der Waals surface area contributed by atoms with E-state index in [0.717, 1.165) is 33.5 Å². The molecule has 1 aliphatic rings. The quantitative estimate of drug-likeness (QED) is 0.439. The monoisotopic (exact) mass is 330 g/mol. The van der Waals surface area contributed by atoms with Crippen molar-refractivity contribution in [2.75, 3.05) is 0 Å². The van der Waals surface area contributed by atoms with Gasteiger partial charge in [-0.25, -0.2) is 0 Å². The number of aliphatic imine (C=N–C) groups is 1. The Bertz CT molecular complexity index is 994. The summed E-state index contributed by atoms with van der Waals surface area (Å²) >= 11 is 0. The Hall–Kier alpha value is -3.31. The number of benzene rings is 3. The van der Waals surface area contributed by atoms with Crippen LogP contribution in [0, 0.1) is 10.1 Å². The summed E-state index contributed by atoms with van der Waals surface area (Å²) in [5, 5.41) is 21.2. The van der Waals surface area contributed by atoms with E-state index in [4.69, 9.17) is 0 Å². The van der Waals surface area contributed by atoms with E-state index in [1.165, 1.54) is 12.1 Å². The molecule has 0 saturated carbocycles. The van der Waals surface area contributed by atoms with Crippen LogP contribution in [0.3, 0.4) is 0 Å². The van der Waals surface area contributed by atoms with Crippen LogP contribution < -0.4 is 0 Å². The highest BCUT2D eigenvalue weighted by Crippen LogP contribution is 2.44. The maximum absolute atomic E-state index is 10.7. The van der Waals surface area contributed by atoms with Crippen molar-refractivity contribution in [1.82, 2.24) is 0 Å². The summed E-state index contributed by atoms with van der Waals surface area (Å²) in [5.41, 5.74) is 5.39. The van der Waals surface area contributed by atoms with Gasteiger partial charge in [0, 0.05) is 18.3 Å². The summed E-state index contributed by atoms with van der Waals surface area (Å²) < 4.78 is 0. The second kappa shape index (κ2) is 5.96. The van der Waals surface area contributed by atoms with Crippen molar-refractivity contribution in [3.8, 4) is 11.1 Å². The highest BCUT2D eigenvalue weighted by atomic mass is 16.6. The Balaban J connectivity index is 1.62. The van der Waals surface area contributed by atoms with Gasteiger partial charge in [0.25, 0.3) is 5.69 Å². The van der Waals surface area contributed by atoms with Crippen molar-refractivity contribution in [2.24, 2.45) is 4.99 Å². The van der Waals surface area contributed by atoms with Gasteiger partial charge in [-0.2, -0.15) is 0 Å². The van der Waals surface area contributed by atoms with Crippen LogP contribution in [-0.4, -0.2) is 16.2 Å². The zero-order valence-electron chi connectivity index (χ0n) is 13.2. The lowest BCUT2D eigenvalue weighted by Gasteiger charge is -2.05. The van der Waals surface area contributed by atoms with Gasteiger partial charge >= 0.3 is 0 Å². The van der Waals surface area contributed by atoms with E-state index in [0.29, 0.717) is 0 Å². The normalized spacial score (nSPS) is 15.2. The highest BCUT2D eigenvalue weighted by molar-refractivity contribution is 5.84. The second-order valence-electron chi connectivity index (χ2n) is 5.87. The number of aliphatic hydroxyl groups excluding tert-OH is 1. The van der Waals surface area contributed by atoms with Gasteiger partial charge in [-0.05, 0) is 52.1 Å². The fourth-order valence-electron chi connectivity index (χ4n) is 3.08. The van der Waals surface area contributed by atoms with Crippen LogP contribution >= 0.6 is 0 Å². The van der Waals surface area contributed by atoms with E-state index in [2.05, 4.69) is 4.99 Å². The number of hydrogen-bond acceptors (Lipinski definition) is 4. The van der Waals surface area contributed by atoms with E-state index in [1.54, 1.807) is 18.3 Å². The lowest BCUT2D eigenvalue weighted by atomic mass is 10.1. The first-order chi connectivity index (χ1) is 12.1. The predicted octanol–water partition coefficient (Wildman–Crippen LogP) is 4.41. The third-order valence-electron chi connectivity index (χ3n) is 4.34. The molecule has 1 N–H and O–H groups in total. The minimum Gasteiger partial charge on any atom is -0.384 e. The lowest BCUT2D eigenvalue weighted by molar-refractivity contribution is -0.384. The standard InChI is InChI=1S/C20H14N2O3/c23-20-18-4-2-1-3-16(18)17-10-7-14(11-19(17)20)21-12-13-5-8-15(9-6-13)22(24)25/h1-12,20,23H. The SMILES string of the molecule is O=[N+]([O-])c1ccc(C=Nc2ccc3c(c2)C(O)c2ccccc2-3)cc1.